The van der Waals surface area contributed by atoms with Crippen LogP contribution in [0.5, 0.6) is 0 Å². The highest BCUT2D eigenvalue weighted by Crippen LogP contribution is 2.34. The molecule has 1 aliphatic heterocycles. The Morgan fingerprint density at radius 1 is 1.19 bits per heavy atom. The molecule has 0 fully saturated rings. The van der Waals surface area contributed by atoms with Crippen LogP contribution in [-0.4, -0.2) is 16.8 Å². The van der Waals surface area contributed by atoms with Crippen LogP contribution in [0.4, 0.5) is 5.69 Å². The van der Waals surface area contributed by atoms with Crippen LogP contribution in [-0.2, 0) is 16.1 Å². The molecule has 106 valence electrons. The van der Waals surface area contributed by atoms with Gasteiger partial charge in [-0.3, -0.25) is 14.6 Å². The lowest BCUT2D eigenvalue weighted by Gasteiger charge is -2.09. The van der Waals surface area contributed by atoms with Crippen molar-refractivity contribution >= 4 is 17.5 Å². The number of rotatable bonds is 4. The van der Waals surface area contributed by atoms with Crippen molar-refractivity contribution in [1.29, 1.82) is 0 Å². The van der Waals surface area contributed by atoms with Gasteiger partial charge >= 0.3 is 0 Å². The van der Waals surface area contributed by atoms with Gasteiger partial charge in [0.2, 0.25) is 11.8 Å². The Morgan fingerprint density at radius 2 is 1.95 bits per heavy atom. The van der Waals surface area contributed by atoms with Crippen molar-refractivity contribution in [2.75, 3.05) is 5.32 Å². The minimum absolute atomic E-state index is 0.115. The van der Waals surface area contributed by atoms with Crippen LogP contribution in [0.3, 0.4) is 0 Å². The fourth-order valence-electron chi connectivity index (χ4n) is 2.44. The molecule has 1 atom stereocenters. The molecule has 1 aromatic heterocycles. The molecule has 2 amide bonds. The highest BCUT2D eigenvalue weighted by atomic mass is 16.2. The Kier molecular flexibility index (Phi) is 3.64. The van der Waals surface area contributed by atoms with E-state index in [1.165, 1.54) is 0 Å². The van der Waals surface area contributed by atoms with E-state index in [9.17, 15) is 9.59 Å². The molecule has 1 unspecified atom stereocenters. The normalized spacial score (nSPS) is 16.2. The van der Waals surface area contributed by atoms with E-state index in [1.54, 1.807) is 12.4 Å². The summed E-state index contributed by atoms with van der Waals surface area (Å²) < 4.78 is 0. The molecular weight excluding hydrogens is 266 g/mol. The van der Waals surface area contributed by atoms with E-state index < -0.39 is 5.92 Å². The molecule has 21 heavy (non-hydrogen) atoms. The zero-order chi connectivity index (χ0) is 14.7. The molecule has 2 N–H and O–H groups in total. The second-order valence-electron chi connectivity index (χ2n) is 4.97. The van der Waals surface area contributed by atoms with Crippen LogP contribution in [0.25, 0.3) is 0 Å². The summed E-state index contributed by atoms with van der Waals surface area (Å²) in [5.41, 5.74) is 2.67. The number of hydrogen-bond acceptors (Lipinski definition) is 3. The fraction of sp³-hybridized carbons (Fsp3) is 0.188. The lowest BCUT2D eigenvalue weighted by Crippen LogP contribution is -2.26. The second kappa shape index (κ2) is 5.75. The van der Waals surface area contributed by atoms with E-state index in [1.807, 2.05) is 36.4 Å². The van der Waals surface area contributed by atoms with E-state index in [0.29, 0.717) is 6.54 Å². The smallest absolute Gasteiger partial charge is 0.232 e. The van der Waals surface area contributed by atoms with E-state index in [4.69, 9.17) is 0 Å². The molecule has 0 bridgehead atoms. The van der Waals surface area contributed by atoms with E-state index >= 15 is 0 Å². The fourth-order valence-corrected chi connectivity index (χ4v) is 2.44. The molecule has 1 aliphatic rings. The summed E-state index contributed by atoms with van der Waals surface area (Å²) in [6.07, 6.45) is 3.53. The first-order valence-corrected chi connectivity index (χ1v) is 6.79. The van der Waals surface area contributed by atoms with Crippen molar-refractivity contribution in [1.82, 2.24) is 10.3 Å². The van der Waals surface area contributed by atoms with Crippen LogP contribution < -0.4 is 10.6 Å². The summed E-state index contributed by atoms with van der Waals surface area (Å²) in [4.78, 5) is 27.9. The van der Waals surface area contributed by atoms with Crippen molar-refractivity contribution in [3.8, 4) is 0 Å². The summed E-state index contributed by atoms with van der Waals surface area (Å²) in [7, 11) is 0. The Labute approximate surface area is 122 Å². The van der Waals surface area contributed by atoms with Crippen molar-refractivity contribution in [2.24, 2.45) is 0 Å². The molecule has 2 aromatic rings. The van der Waals surface area contributed by atoms with Crippen molar-refractivity contribution < 1.29 is 9.59 Å². The summed E-state index contributed by atoms with van der Waals surface area (Å²) >= 11 is 0. The van der Waals surface area contributed by atoms with Crippen LogP contribution in [0.15, 0.2) is 48.8 Å². The molecule has 0 spiro atoms. The second-order valence-corrected chi connectivity index (χ2v) is 4.97. The number of aromatic nitrogens is 1. The van der Waals surface area contributed by atoms with Crippen molar-refractivity contribution in [3.05, 3.63) is 59.9 Å². The number of anilines is 1. The van der Waals surface area contributed by atoms with Gasteiger partial charge < -0.3 is 10.6 Å². The van der Waals surface area contributed by atoms with Gasteiger partial charge in [0, 0.05) is 31.0 Å². The Morgan fingerprint density at radius 3 is 2.76 bits per heavy atom. The molecule has 0 radical (unpaired) electrons. The van der Waals surface area contributed by atoms with Crippen LogP contribution in [0.1, 0.15) is 23.5 Å². The molecule has 0 saturated heterocycles. The van der Waals surface area contributed by atoms with Crippen molar-refractivity contribution in [3.63, 3.8) is 0 Å². The molecule has 1 aromatic carbocycles. The highest BCUT2D eigenvalue weighted by molar-refractivity contribution is 6.04. The van der Waals surface area contributed by atoms with E-state index in [0.717, 1.165) is 16.8 Å². The standard InChI is InChI=1S/C16H15N3O2/c20-15(18-10-11-5-7-17-8-6-11)9-13-12-3-1-2-4-14(12)19-16(13)21/h1-8,13H,9-10H2,(H,18,20)(H,19,21). The van der Waals surface area contributed by atoms with Gasteiger partial charge in [0.1, 0.15) is 0 Å². The van der Waals surface area contributed by atoms with Gasteiger partial charge in [-0.2, -0.15) is 0 Å². The number of carbonyl (C=O) groups is 2. The van der Waals surface area contributed by atoms with Crippen LogP contribution in [0, 0.1) is 0 Å². The molecule has 5 nitrogen and oxygen atoms in total. The zero-order valence-corrected chi connectivity index (χ0v) is 11.4. The van der Waals surface area contributed by atoms with Crippen molar-refractivity contribution in [2.45, 2.75) is 18.9 Å². The summed E-state index contributed by atoms with van der Waals surface area (Å²) in [5, 5.41) is 5.63. The van der Waals surface area contributed by atoms with Gasteiger partial charge in [-0.05, 0) is 29.3 Å². The predicted molar refractivity (Wildman–Crippen MR) is 78.5 cm³/mol. The average Bonchev–Trinajstić information content (AvgIpc) is 2.82. The maximum atomic E-state index is 12.0. The van der Waals surface area contributed by atoms with Gasteiger partial charge in [0.05, 0.1) is 5.92 Å². The number of hydrogen-bond donors (Lipinski definition) is 2. The van der Waals surface area contributed by atoms with Gasteiger partial charge in [-0.15, -0.1) is 0 Å². The molecule has 3 rings (SSSR count). The third-order valence-corrected chi connectivity index (χ3v) is 3.54. The predicted octanol–water partition coefficient (Wildman–Crippen LogP) is 1.82. The van der Waals surface area contributed by atoms with E-state index in [2.05, 4.69) is 15.6 Å². The number of para-hydroxylation sites is 1. The maximum absolute atomic E-state index is 12.0. The molecule has 2 heterocycles. The number of amides is 2. The summed E-state index contributed by atoms with van der Waals surface area (Å²) in [6, 6.07) is 11.2. The highest BCUT2D eigenvalue weighted by Gasteiger charge is 2.31. The zero-order valence-electron chi connectivity index (χ0n) is 11.4. The molecule has 0 aliphatic carbocycles. The van der Waals surface area contributed by atoms with E-state index in [-0.39, 0.29) is 18.2 Å². The van der Waals surface area contributed by atoms with Gasteiger partial charge in [0.15, 0.2) is 0 Å². The first kappa shape index (κ1) is 13.3. The number of benzene rings is 1. The Bertz CT molecular complexity index is 670. The van der Waals surface area contributed by atoms with Gasteiger partial charge in [-0.1, -0.05) is 18.2 Å². The third-order valence-electron chi connectivity index (χ3n) is 3.54. The van der Waals surface area contributed by atoms with Crippen LogP contribution in [0.2, 0.25) is 0 Å². The minimum atomic E-state index is -0.404. The topological polar surface area (TPSA) is 71.1 Å². The number of nitrogens with zero attached hydrogens (tertiary/aromatic N) is 1. The van der Waals surface area contributed by atoms with Gasteiger partial charge in [0.25, 0.3) is 0 Å². The first-order chi connectivity index (χ1) is 10.2. The number of carbonyl (C=O) groups excluding carboxylic acids is 2. The average molecular weight is 281 g/mol. The summed E-state index contributed by atoms with van der Waals surface area (Å²) in [5.74, 6) is -0.655. The largest absolute Gasteiger partial charge is 0.352 e. The Hall–Kier alpha value is -2.69. The monoisotopic (exact) mass is 281 g/mol. The number of pyridine rings is 1. The lowest BCUT2D eigenvalue weighted by atomic mass is 9.97. The molecular formula is C16H15N3O2. The lowest BCUT2D eigenvalue weighted by molar-refractivity contribution is -0.125. The first-order valence-electron chi connectivity index (χ1n) is 6.79. The SMILES string of the molecule is O=C(CC1C(=O)Nc2ccccc21)NCc1ccncc1. The minimum Gasteiger partial charge on any atom is -0.352 e. The number of nitrogens with one attached hydrogen (secondary N) is 2. The van der Waals surface area contributed by atoms with Crippen LogP contribution >= 0.6 is 0 Å². The van der Waals surface area contributed by atoms with Gasteiger partial charge in [-0.25, -0.2) is 0 Å². The number of fused-ring (bicyclic) bond motifs is 1. The quantitative estimate of drug-likeness (QED) is 0.898. The third kappa shape index (κ3) is 2.91. The summed E-state index contributed by atoms with van der Waals surface area (Å²) in [6.45, 7) is 0.442. The molecule has 0 saturated carbocycles. The maximum Gasteiger partial charge on any atom is 0.232 e. The molecule has 5 heteroatoms. The Balaban J connectivity index is 1.62.